The number of aromatic nitrogens is 4. The third kappa shape index (κ3) is 3.15. The molecule has 6 rings (SSSR count). The monoisotopic (exact) mass is 451 g/mol. The maximum atomic E-state index is 13.6. The molecule has 3 aromatic heterocycles. The van der Waals surface area contributed by atoms with Crippen LogP contribution in [0.1, 0.15) is 16.7 Å². The molecule has 0 unspecified atom stereocenters. The normalized spacial score (nSPS) is 14.8. The van der Waals surface area contributed by atoms with Crippen LogP contribution in [-0.2, 0) is 11.3 Å². The second-order valence-electron chi connectivity index (χ2n) is 7.87. The first-order valence-electron chi connectivity index (χ1n) is 10.4. The lowest BCUT2D eigenvalue weighted by Crippen LogP contribution is -2.32. The Hall–Kier alpha value is -4.17. The summed E-state index contributed by atoms with van der Waals surface area (Å²) in [6.07, 6.45) is 3.31. The van der Waals surface area contributed by atoms with E-state index in [0.29, 0.717) is 27.4 Å². The molecule has 33 heavy (non-hydrogen) atoms. The molecule has 2 aromatic carbocycles. The van der Waals surface area contributed by atoms with Gasteiger partial charge in [-0.1, -0.05) is 59.4 Å². The summed E-state index contributed by atoms with van der Waals surface area (Å²) in [6.45, 7) is 2.46. The molecule has 1 aliphatic rings. The van der Waals surface area contributed by atoms with Gasteiger partial charge in [0, 0.05) is 23.5 Å². The first-order valence-corrected chi connectivity index (χ1v) is 11.2. The molecule has 0 saturated heterocycles. The van der Waals surface area contributed by atoms with Crippen LogP contribution in [0.15, 0.2) is 77.9 Å². The predicted octanol–water partition coefficient (Wildman–Crippen LogP) is 2.99. The van der Waals surface area contributed by atoms with Gasteiger partial charge in [-0.05, 0) is 30.7 Å². The van der Waals surface area contributed by atoms with Crippen LogP contribution >= 0.6 is 11.3 Å². The SMILES string of the molecule is Cc1ccc(CN2C(=O)/C(=c3\sc4nc(-c5ccncc5)nn4c3=O)c3ccccc32)cc1. The number of carbonyl (C=O) groups excluding carboxylic acids is 1. The van der Waals surface area contributed by atoms with Gasteiger partial charge in [0.2, 0.25) is 4.96 Å². The Kier molecular flexibility index (Phi) is 4.41. The Morgan fingerprint density at radius 1 is 0.939 bits per heavy atom. The molecule has 0 spiro atoms. The summed E-state index contributed by atoms with van der Waals surface area (Å²) < 4.78 is 1.64. The molecule has 4 heterocycles. The number of anilines is 1. The second-order valence-corrected chi connectivity index (χ2v) is 8.85. The van der Waals surface area contributed by atoms with Crippen molar-refractivity contribution >= 4 is 33.5 Å². The van der Waals surface area contributed by atoms with E-state index in [0.717, 1.165) is 27.9 Å². The van der Waals surface area contributed by atoms with Crippen molar-refractivity contribution in [3.8, 4) is 11.4 Å². The van der Waals surface area contributed by atoms with E-state index in [2.05, 4.69) is 15.1 Å². The zero-order valence-corrected chi connectivity index (χ0v) is 18.4. The zero-order chi connectivity index (χ0) is 22.5. The second kappa shape index (κ2) is 7.46. The van der Waals surface area contributed by atoms with E-state index in [1.54, 1.807) is 29.4 Å². The lowest BCUT2D eigenvalue weighted by Gasteiger charge is -2.17. The summed E-state index contributed by atoms with van der Waals surface area (Å²) in [6, 6.07) is 19.3. The third-order valence-electron chi connectivity index (χ3n) is 5.71. The van der Waals surface area contributed by atoms with Crippen LogP contribution in [0.3, 0.4) is 0 Å². The van der Waals surface area contributed by atoms with Crippen molar-refractivity contribution in [3.63, 3.8) is 0 Å². The maximum absolute atomic E-state index is 13.6. The molecule has 0 aliphatic carbocycles. The summed E-state index contributed by atoms with van der Waals surface area (Å²) in [4.78, 5) is 37.6. The van der Waals surface area contributed by atoms with E-state index >= 15 is 0 Å². The van der Waals surface area contributed by atoms with Crippen LogP contribution in [-0.4, -0.2) is 25.5 Å². The minimum atomic E-state index is -0.335. The summed E-state index contributed by atoms with van der Waals surface area (Å²) in [5, 5.41) is 4.39. The molecule has 1 amide bonds. The average Bonchev–Trinajstić information content (AvgIpc) is 3.47. The number of pyridine rings is 1. The fraction of sp³-hybridized carbons (Fsp3) is 0.0800. The van der Waals surface area contributed by atoms with Crippen molar-refractivity contribution in [2.45, 2.75) is 13.5 Å². The minimum Gasteiger partial charge on any atom is -0.303 e. The highest BCUT2D eigenvalue weighted by molar-refractivity contribution is 7.15. The number of rotatable bonds is 3. The molecule has 0 N–H and O–H groups in total. The molecule has 0 saturated carbocycles. The van der Waals surface area contributed by atoms with Gasteiger partial charge in [-0.3, -0.25) is 14.6 Å². The Morgan fingerprint density at radius 3 is 2.45 bits per heavy atom. The molecule has 7 nitrogen and oxygen atoms in total. The van der Waals surface area contributed by atoms with Gasteiger partial charge in [-0.2, -0.15) is 9.50 Å². The van der Waals surface area contributed by atoms with Crippen molar-refractivity contribution in [1.82, 2.24) is 19.6 Å². The lowest BCUT2D eigenvalue weighted by molar-refractivity contribution is -0.113. The topological polar surface area (TPSA) is 80.5 Å². The number of benzene rings is 2. The highest BCUT2D eigenvalue weighted by Gasteiger charge is 2.34. The van der Waals surface area contributed by atoms with Crippen molar-refractivity contribution < 1.29 is 4.79 Å². The van der Waals surface area contributed by atoms with Crippen LogP contribution in [0.25, 0.3) is 21.9 Å². The molecule has 5 aromatic rings. The Morgan fingerprint density at radius 2 is 1.70 bits per heavy atom. The van der Waals surface area contributed by atoms with E-state index in [9.17, 15) is 9.59 Å². The fourth-order valence-corrected chi connectivity index (χ4v) is 5.04. The van der Waals surface area contributed by atoms with Crippen LogP contribution in [0.2, 0.25) is 0 Å². The fourth-order valence-electron chi connectivity index (χ4n) is 4.04. The number of amides is 1. The lowest BCUT2D eigenvalue weighted by atomic mass is 10.1. The first-order chi connectivity index (χ1) is 16.1. The van der Waals surface area contributed by atoms with Crippen LogP contribution in [0.4, 0.5) is 5.69 Å². The van der Waals surface area contributed by atoms with Gasteiger partial charge in [0.15, 0.2) is 5.82 Å². The Balaban J connectivity index is 1.49. The van der Waals surface area contributed by atoms with Gasteiger partial charge in [-0.25, -0.2) is 0 Å². The quantitative estimate of drug-likeness (QED) is 0.421. The van der Waals surface area contributed by atoms with Crippen molar-refractivity contribution in [2.24, 2.45) is 0 Å². The molecule has 0 fully saturated rings. The average molecular weight is 452 g/mol. The van der Waals surface area contributed by atoms with Gasteiger partial charge < -0.3 is 4.90 Å². The molecule has 160 valence electrons. The van der Waals surface area contributed by atoms with Gasteiger partial charge in [-0.15, -0.1) is 5.10 Å². The van der Waals surface area contributed by atoms with Gasteiger partial charge in [0.25, 0.3) is 11.5 Å². The summed E-state index contributed by atoms with van der Waals surface area (Å²) in [5.41, 5.74) is 4.59. The number of nitrogens with zero attached hydrogens (tertiary/aromatic N) is 5. The minimum absolute atomic E-state index is 0.187. The van der Waals surface area contributed by atoms with E-state index in [1.807, 2.05) is 55.5 Å². The number of carbonyl (C=O) groups is 1. The molecule has 0 bridgehead atoms. The molecule has 0 atom stereocenters. The van der Waals surface area contributed by atoms with Crippen molar-refractivity contribution in [3.05, 3.63) is 105 Å². The zero-order valence-electron chi connectivity index (χ0n) is 17.6. The largest absolute Gasteiger partial charge is 0.303 e. The molecular weight excluding hydrogens is 434 g/mol. The number of thiazole rings is 1. The number of para-hydroxylation sites is 1. The maximum Gasteiger partial charge on any atom is 0.291 e. The molecule has 1 aliphatic heterocycles. The van der Waals surface area contributed by atoms with Crippen molar-refractivity contribution in [1.29, 1.82) is 0 Å². The van der Waals surface area contributed by atoms with Gasteiger partial charge >= 0.3 is 0 Å². The number of aryl methyl sites for hydroxylation is 1. The summed E-state index contributed by atoms with van der Waals surface area (Å²) in [5.74, 6) is 0.268. The van der Waals surface area contributed by atoms with E-state index in [4.69, 9.17) is 0 Å². The smallest absolute Gasteiger partial charge is 0.291 e. The number of hydrogen-bond acceptors (Lipinski definition) is 6. The Labute approximate surface area is 192 Å². The number of fused-ring (bicyclic) bond motifs is 2. The van der Waals surface area contributed by atoms with Gasteiger partial charge in [0.05, 0.1) is 17.8 Å². The molecule has 8 heteroatoms. The Bertz CT molecular complexity index is 1640. The van der Waals surface area contributed by atoms with Crippen LogP contribution < -0.4 is 15.0 Å². The van der Waals surface area contributed by atoms with Gasteiger partial charge in [0.1, 0.15) is 4.53 Å². The first kappa shape index (κ1) is 19.5. The number of hydrogen-bond donors (Lipinski definition) is 0. The van der Waals surface area contributed by atoms with E-state index < -0.39 is 0 Å². The van der Waals surface area contributed by atoms with Crippen LogP contribution in [0.5, 0.6) is 0 Å². The van der Waals surface area contributed by atoms with E-state index in [-0.39, 0.29) is 11.5 Å². The molecular formula is C25H17N5O2S. The summed E-state index contributed by atoms with van der Waals surface area (Å²) >= 11 is 1.19. The van der Waals surface area contributed by atoms with Crippen molar-refractivity contribution in [2.75, 3.05) is 4.90 Å². The van der Waals surface area contributed by atoms with E-state index in [1.165, 1.54) is 15.9 Å². The standard InChI is InChI=1S/C25H17N5O2S/c1-15-6-8-16(9-7-15)14-29-19-5-3-2-4-18(19)20(23(29)31)21-24(32)30-25(33-21)27-22(28-30)17-10-12-26-13-11-17/h2-13H,14H2,1H3/b21-20-. The third-order valence-corrected chi connectivity index (χ3v) is 6.74. The highest BCUT2D eigenvalue weighted by Crippen LogP contribution is 2.36. The summed E-state index contributed by atoms with van der Waals surface area (Å²) in [7, 11) is 0. The predicted molar refractivity (Wildman–Crippen MR) is 127 cm³/mol. The molecule has 0 radical (unpaired) electrons. The van der Waals surface area contributed by atoms with Crippen LogP contribution in [0, 0.1) is 6.92 Å². The highest BCUT2D eigenvalue weighted by atomic mass is 32.1.